The summed E-state index contributed by atoms with van der Waals surface area (Å²) in [6, 6.07) is 3.52. The lowest BCUT2D eigenvalue weighted by Crippen LogP contribution is -2.14. The van der Waals surface area contributed by atoms with Gasteiger partial charge in [0.25, 0.3) is 0 Å². The predicted octanol–water partition coefficient (Wildman–Crippen LogP) is 6.76. The van der Waals surface area contributed by atoms with Gasteiger partial charge >= 0.3 is 14.0 Å². The zero-order chi connectivity index (χ0) is 17.6. The molecule has 0 saturated heterocycles. The maximum Gasteiger partial charge on any atom is 0.450 e. The van der Waals surface area contributed by atoms with Crippen LogP contribution in [0.15, 0.2) is 23.1 Å². The van der Waals surface area contributed by atoms with Crippen molar-refractivity contribution >= 4 is 81.1 Å². The van der Waals surface area contributed by atoms with Crippen LogP contribution in [0.25, 0.3) is 11.0 Å². The third-order valence-electron chi connectivity index (χ3n) is 2.27. The molecule has 0 N–H and O–H groups in total. The average molecular weight is 452 g/mol. The number of aromatic nitrogens is 2. The van der Waals surface area contributed by atoms with E-state index in [1.54, 1.807) is 0 Å². The molecular weight excluding hydrogens is 449 g/mol. The van der Waals surface area contributed by atoms with E-state index in [2.05, 4.69) is 4.98 Å². The van der Waals surface area contributed by atoms with Crippen molar-refractivity contribution in [3.05, 3.63) is 24.0 Å². The summed E-state index contributed by atoms with van der Waals surface area (Å²) in [7, 11) is 0. The first-order valence-corrected chi connectivity index (χ1v) is 8.48. The van der Waals surface area contributed by atoms with E-state index in [4.69, 9.17) is 46.4 Å². The van der Waals surface area contributed by atoms with E-state index >= 15 is 0 Å². The summed E-state index contributed by atoms with van der Waals surface area (Å²) in [6.45, 7) is 0. The monoisotopic (exact) mass is 450 g/mol. The number of alkyl halides is 9. The fourth-order valence-corrected chi connectivity index (χ4v) is 3.82. The molecule has 0 saturated carbocycles. The number of imidazole rings is 1. The van der Waals surface area contributed by atoms with Crippen molar-refractivity contribution in [1.82, 2.24) is 8.96 Å². The minimum atomic E-state index is -4.89. The van der Waals surface area contributed by atoms with Gasteiger partial charge in [0.1, 0.15) is 0 Å². The smallest absolute Gasteiger partial charge is 0.257 e. The first kappa shape index (κ1) is 19.5. The quantitative estimate of drug-likeness (QED) is 0.290. The van der Waals surface area contributed by atoms with Gasteiger partial charge in [0.15, 0.2) is 0 Å². The number of thioether (sulfide) groups is 1. The molecule has 0 aliphatic carbocycles. The van der Waals surface area contributed by atoms with Crippen LogP contribution in [0.3, 0.4) is 0 Å². The van der Waals surface area contributed by atoms with Gasteiger partial charge in [0.2, 0.25) is 5.82 Å². The highest BCUT2D eigenvalue weighted by Gasteiger charge is 2.40. The first-order valence-electron chi connectivity index (χ1n) is 5.38. The van der Waals surface area contributed by atoms with Crippen LogP contribution in [0, 0.1) is 0 Å². The second-order valence-electron chi connectivity index (χ2n) is 3.96. The zero-order valence-electron chi connectivity index (χ0n) is 10.3. The third-order valence-corrected chi connectivity index (χ3v) is 4.62. The minimum absolute atomic E-state index is 0.122. The molecule has 128 valence electrons. The lowest BCUT2D eigenvalue weighted by atomic mass is 10.3. The van der Waals surface area contributed by atoms with E-state index in [1.807, 2.05) is 0 Å². The van der Waals surface area contributed by atoms with Crippen LogP contribution in [0.5, 0.6) is 0 Å². The summed E-state index contributed by atoms with van der Waals surface area (Å²) in [5, 5.41) is 0. The Balaban J connectivity index is 2.58. The Hall–Kier alpha value is 0.200. The fraction of sp³-hybridized carbons (Fsp3) is 0.300. The van der Waals surface area contributed by atoms with Crippen LogP contribution >= 0.6 is 70.1 Å². The van der Waals surface area contributed by atoms with Crippen molar-refractivity contribution in [2.75, 3.05) is 0 Å². The average Bonchev–Trinajstić information content (AvgIpc) is 2.62. The molecule has 1 heterocycles. The molecule has 2 nitrogen and oxygen atoms in total. The van der Waals surface area contributed by atoms with Gasteiger partial charge in [-0.2, -0.15) is 22.0 Å². The Labute approximate surface area is 154 Å². The van der Waals surface area contributed by atoms with Crippen molar-refractivity contribution in [2.45, 2.75) is 18.9 Å². The van der Waals surface area contributed by atoms with E-state index in [-0.39, 0.29) is 27.9 Å². The summed E-state index contributed by atoms with van der Waals surface area (Å²) in [6.07, 6.45) is -4.89. The summed E-state index contributed by atoms with van der Waals surface area (Å²) >= 11 is 20.8. The molecule has 2 aromatic rings. The Kier molecular flexibility index (Phi) is 5.51. The van der Waals surface area contributed by atoms with Crippen molar-refractivity contribution < 1.29 is 22.0 Å². The van der Waals surface area contributed by atoms with E-state index in [9.17, 15) is 22.0 Å². The van der Waals surface area contributed by atoms with Crippen LogP contribution in [0.2, 0.25) is 0 Å². The second kappa shape index (κ2) is 6.49. The zero-order valence-corrected chi connectivity index (χ0v) is 15.0. The highest BCUT2D eigenvalue weighted by atomic mass is 35.5. The van der Waals surface area contributed by atoms with Crippen molar-refractivity contribution in [2.24, 2.45) is 0 Å². The molecule has 0 aliphatic rings. The summed E-state index contributed by atoms with van der Waals surface area (Å²) in [4.78, 5) is 3.49. The Morgan fingerprint density at radius 3 is 2.04 bits per heavy atom. The molecule has 0 amide bonds. The number of halogens is 9. The summed E-state index contributed by atoms with van der Waals surface area (Å²) in [5.41, 5.74) is -0.311. The van der Waals surface area contributed by atoms with Gasteiger partial charge in [0.05, 0.1) is 11.0 Å². The molecule has 0 aliphatic heterocycles. The Bertz CT molecular complexity index is 723. The lowest BCUT2D eigenvalue weighted by Gasteiger charge is -2.14. The highest BCUT2D eigenvalue weighted by molar-refractivity contribution is 8.03. The van der Waals surface area contributed by atoms with E-state index in [1.165, 1.54) is 6.07 Å². The largest absolute Gasteiger partial charge is 0.450 e. The van der Waals surface area contributed by atoms with Crippen LogP contribution in [0.1, 0.15) is 5.82 Å². The van der Waals surface area contributed by atoms with E-state index < -0.39 is 19.8 Å². The van der Waals surface area contributed by atoms with Gasteiger partial charge < -0.3 is 0 Å². The third kappa shape index (κ3) is 5.34. The first-order chi connectivity index (χ1) is 10.3. The van der Waals surface area contributed by atoms with Crippen molar-refractivity contribution in [3.8, 4) is 0 Å². The number of rotatable bonds is 4. The molecule has 0 radical (unpaired) electrons. The van der Waals surface area contributed by atoms with Crippen LogP contribution in [0.4, 0.5) is 22.0 Å². The normalized spacial score (nSPS) is 13.8. The molecule has 0 unspecified atom stereocenters. The molecule has 2 rings (SSSR count). The fourth-order valence-electron chi connectivity index (χ4n) is 1.61. The van der Waals surface area contributed by atoms with Gasteiger partial charge in [-0.15, -0.1) is 0 Å². The molecule has 23 heavy (non-hydrogen) atoms. The lowest BCUT2D eigenvalue weighted by molar-refractivity contribution is -0.144. The van der Waals surface area contributed by atoms with Gasteiger partial charge in [-0.3, -0.25) is 3.97 Å². The molecule has 0 bridgehead atoms. The van der Waals surface area contributed by atoms with Gasteiger partial charge in [-0.05, 0) is 18.2 Å². The van der Waals surface area contributed by atoms with Gasteiger partial charge in [0, 0.05) is 16.8 Å². The highest BCUT2D eigenvalue weighted by Crippen LogP contribution is 2.45. The summed E-state index contributed by atoms with van der Waals surface area (Å²) in [5.74, 6) is -1.42. The molecule has 1 aromatic carbocycles. The van der Waals surface area contributed by atoms with Crippen molar-refractivity contribution in [3.63, 3.8) is 0 Å². The molecule has 1 aromatic heterocycles. The van der Waals surface area contributed by atoms with E-state index in [0.29, 0.717) is 15.7 Å². The number of nitrogens with zero attached hydrogens (tertiary/aromatic N) is 2. The van der Waals surface area contributed by atoms with Crippen LogP contribution in [-0.2, 0) is 6.18 Å². The topological polar surface area (TPSA) is 17.8 Å². The molecule has 13 heteroatoms. The Morgan fingerprint density at radius 1 is 0.957 bits per heavy atom. The Morgan fingerprint density at radius 2 is 1.57 bits per heavy atom. The number of fused-ring (bicyclic) bond motifs is 1. The molecule has 0 spiro atoms. The van der Waals surface area contributed by atoms with Crippen LogP contribution in [-0.4, -0.2) is 16.8 Å². The molecule has 0 atom stereocenters. The predicted molar refractivity (Wildman–Crippen MR) is 84.7 cm³/mol. The van der Waals surface area contributed by atoms with Gasteiger partial charge in [-0.1, -0.05) is 58.2 Å². The van der Waals surface area contributed by atoms with Crippen LogP contribution < -0.4 is 0 Å². The van der Waals surface area contributed by atoms with Crippen molar-refractivity contribution in [1.29, 1.82) is 0 Å². The maximum atomic E-state index is 13.3. The maximum absolute atomic E-state index is 13.3. The number of benzene rings is 1. The second-order valence-corrected chi connectivity index (χ2v) is 9.68. The molecule has 0 fully saturated rings. The number of hydrogen-bond donors (Lipinski definition) is 0. The summed E-state index contributed by atoms with van der Waals surface area (Å²) < 4.78 is 60.3. The molecular formula is C10H3Cl4F5N2S2. The standard InChI is InChI=1S/C10H3Cl4F5N2S2/c11-9(12,18)22-4-1-2-6-5(3-4)20-7(8(15,16)17)21(6)23-10(13,14)19/h1-3H. The van der Waals surface area contributed by atoms with E-state index in [0.717, 1.165) is 12.1 Å². The minimum Gasteiger partial charge on any atom is -0.257 e. The number of hydrogen-bond acceptors (Lipinski definition) is 3. The van der Waals surface area contributed by atoms with Gasteiger partial charge in [-0.25, -0.2) is 4.98 Å². The SMILES string of the molecule is FC(Cl)(Cl)Sc1ccc2c(c1)nc(C(F)(F)F)n2SC(F)(Cl)Cl.